The second kappa shape index (κ2) is 7.29. The van der Waals surface area contributed by atoms with Crippen LogP contribution in [0, 0.1) is 12.8 Å². The first kappa shape index (κ1) is 16.5. The summed E-state index contributed by atoms with van der Waals surface area (Å²) < 4.78 is 5.56. The maximum absolute atomic E-state index is 11.8. The van der Waals surface area contributed by atoms with Gasteiger partial charge in [-0.3, -0.25) is 4.79 Å². The van der Waals surface area contributed by atoms with Crippen molar-refractivity contribution in [3.63, 3.8) is 0 Å². The molecule has 2 atom stereocenters. The maximum atomic E-state index is 11.8. The summed E-state index contributed by atoms with van der Waals surface area (Å²) in [5.41, 5.74) is 7.89. The summed E-state index contributed by atoms with van der Waals surface area (Å²) in [6.45, 7) is 10.1. The van der Waals surface area contributed by atoms with Crippen molar-refractivity contribution in [1.82, 2.24) is 5.32 Å². The molecule has 0 aromatic heterocycles. The fourth-order valence-electron chi connectivity index (χ4n) is 1.72. The van der Waals surface area contributed by atoms with Crippen LogP contribution in [-0.2, 0) is 4.79 Å². The zero-order valence-corrected chi connectivity index (χ0v) is 13.1. The van der Waals surface area contributed by atoms with E-state index in [1.54, 1.807) is 0 Å². The van der Waals surface area contributed by atoms with Gasteiger partial charge in [0.25, 0.3) is 5.91 Å². The van der Waals surface area contributed by atoms with Crippen LogP contribution in [0.1, 0.15) is 44.9 Å². The van der Waals surface area contributed by atoms with Crippen molar-refractivity contribution in [3.05, 3.63) is 29.3 Å². The molecule has 0 heterocycles. The third kappa shape index (κ3) is 4.85. The Hall–Kier alpha value is -1.55. The molecule has 3 N–H and O–H groups in total. The molecule has 1 aromatic rings. The van der Waals surface area contributed by atoms with E-state index in [0.29, 0.717) is 5.92 Å². The molecule has 4 heteroatoms. The fourth-order valence-corrected chi connectivity index (χ4v) is 1.72. The first-order valence-electron chi connectivity index (χ1n) is 7.09. The highest BCUT2D eigenvalue weighted by molar-refractivity contribution is 5.77. The number of ether oxygens (including phenoxy) is 1. The minimum atomic E-state index is -0.0955. The van der Waals surface area contributed by atoms with Crippen LogP contribution in [0.3, 0.4) is 0 Å². The van der Waals surface area contributed by atoms with Gasteiger partial charge in [0.1, 0.15) is 5.75 Å². The van der Waals surface area contributed by atoms with Crippen molar-refractivity contribution in [2.45, 2.75) is 46.7 Å². The molecule has 1 rings (SSSR count). The molecule has 0 fully saturated rings. The smallest absolute Gasteiger partial charge is 0.258 e. The van der Waals surface area contributed by atoms with Crippen molar-refractivity contribution < 1.29 is 9.53 Å². The van der Waals surface area contributed by atoms with Gasteiger partial charge in [0, 0.05) is 12.1 Å². The van der Waals surface area contributed by atoms with E-state index in [9.17, 15) is 4.79 Å². The topological polar surface area (TPSA) is 64.3 Å². The van der Waals surface area contributed by atoms with E-state index in [-0.39, 0.29) is 24.6 Å². The normalized spacial score (nSPS) is 13.9. The molecule has 0 radical (unpaired) electrons. The van der Waals surface area contributed by atoms with Gasteiger partial charge in [-0.1, -0.05) is 26.0 Å². The molecule has 0 aliphatic carbocycles. The van der Waals surface area contributed by atoms with E-state index in [1.165, 1.54) is 0 Å². The average Bonchev–Trinajstić information content (AvgIpc) is 2.36. The molecule has 0 bridgehead atoms. The molecule has 1 aromatic carbocycles. The van der Waals surface area contributed by atoms with Gasteiger partial charge in [-0.05, 0) is 43.9 Å². The molecule has 1 amide bonds. The number of carbonyl (C=O) groups is 1. The first-order chi connectivity index (χ1) is 9.31. The highest BCUT2D eigenvalue weighted by Crippen LogP contribution is 2.21. The van der Waals surface area contributed by atoms with E-state index >= 15 is 0 Å². The molecule has 112 valence electrons. The lowest BCUT2D eigenvalue weighted by atomic mass is 10.1. The summed E-state index contributed by atoms with van der Waals surface area (Å²) in [5, 5.41) is 2.91. The van der Waals surface area contributed by atoms with Gasteiger partial charge < -0.3 is 15.8 Å². The maximum Gasteiger partial charge on any atom is 0.258 e. The van der Waals surface area contributed by atoms with Gasteiger partial charge in [-0.25, -0.2) is 0 Å². The lowest BCUT2D eigenvalue weighted by molar-refractivity contribution is -0.124. The summed E-state index contributed by atoms with van der Waals surface area (Å²) in [7, 11) is 0. The Balaban J connectivity index is 2.56. The molecule has 0 spiro atoms. The number of hydrogen-bond donors (Lipinski definition) is 2. The van der Waals surface area contributed by atoms with Gasteiger partial charge in [-0.2, -0.15) is 0 Å². The van der Waals surface area contributed by atoms with Crippen molar-refractivity contribution in [3.8, 4) is 5.75 Å². The van der Waals surface area contributed by atoms with Crippen molar-refractivity contribution >= 4 is 5.91 Å². The minimum Gasteiger partial charge on any atom is -0.484 e. The van der Waals surface area contributed by atoms with E-state index < -0.39 is 0 Å². The summed E-state index contributed by atoms with van der Waals surface area (Å²) in [5.74, 6) is 1.04. The molecule has 0 aliphatic heterocycles. The number of benzene rings is 1. The lowest BCUT2D eigenvalue weighted by Crippen LogP contribution is -2.39. The van der Waals surface area contributed by atoms with Crippen molar-refractivity contribution in [2.24, 2.45) is 11.7 Å². The number of amides is 1. The van der Waals surface area contributed by atoms with Crippen LogP contribution in [0.5, 0.6) is 5.75 Å². The van der Waals surface area contributed by atoms with Crippen LogP contribution in [0.25, 0.3) is 0 Å². The van der Waals surface area contributed by atoms with E-state index in [2.05, 4.69) is 19.2 Å². The zero-order valence-electron chi connectivity index (χ0n) is 13.1. The molecule has 0 aliphatic rings. The predicted octanol–water partition coefficient (Wildman–Crippen LogP) is 2.55. The summed E-state index contributed by atoms with van der Waals surface area (Å²) in [4.78, 5) is 11.8. The number of nitrogens with one attached hydrogen (secondary N) is 1. The molecule has 1 unspecified atom stereocenters. The Bertz CT molecular complexity index is 456. The average molecular weight is 278 g/mol. The van der Waals surface area contributed by atoms with E-state index in [4.69, 9.17) is 10.5 Å². The Labute approximate surface area is 121 Å². The molecule has 0 saturated heterocycles. The van der Waals surface area contributed by atoms with E-state index in [1.807, 2.05) is 39.0 Å². The summed E-state index contributed by atoms with van der Waals surface area (Å²) >= 11 is 0. The van der Waals surface area contributed by atoms with Crippen LogP contribution < -0.4 is 15.8 Å². The second-order valence-corrected chi connectivity index (χ2v) is 5.70. The highest BCUT2D eigenvalue weighted by Gasteiger charge is 2.12. The summed E-state index contributed by atoms with van der Waals surface area (Å²) in [6, 6.07) is 5.94. The quantitative estimate of drug-likeness (QED) is 0.840. The molecular formula is C16H26N2O2. The van der Waals surface area contributed by atoms with Gasteiger partial charge >= 0.3 is 0 Å². The fraction of sp³-hybridized carbons (Fsp3) is 0.562. The lowest BCUT2D eigenvalue weighted by Gasteiger charge is -2.18. The Morgan fingerprint density at radius 2 is 1.95 bits per heavy atom. The van der Waals surface area contributed by atoms with Crippen LogP contribution in [0.4, 0.5) is 0 Å². The van der Waals surface area contributed by atoms with Crippen molar-refractivity contribution in [2.75, 3.05) is 6.61 Å². The number of hydrogen-bond acceptors (Lipinski definition) is 3. The number of aryl methyl sites for hydroxylation is 1. The molecular weight excluding hydrogens is 252 g/mol. The Kier molecular flexibility index (Phi) is 6.02. The van der Waals surface area contributed by atoms with Crippen LogP contribution in [0.2, 0.25) is 0 Å². The second-order valence-electron chi connectivity index (χ2n) is 5.70. The molecule has 4 nitrogen and oxygen atoms in total. The minimum absolute atomic E-state index is 0.00191. The third-order valence-electron chi connectivity index (χ3n) is 3.47. The summed E-state index contributed by atoms with van der Waals surface area (Å²) in [6.07, 6.45) is 0. The zero-order chi connectivity index (χ0) is 15.3. The standard InChI is InChI=1S/C16H26N2O2/c1-10(2)13(5)18-16(19)9-20-15-7-6-14(12(4)17)8-11(15)3/h6-8,10,12-13H,9,17H2,1-5H3,(H,18,19)/t12-,13?/m1/s1. The Morgan fingerprint density at radius 1 is 1.30 bits per heavy atom. The van der Waals surface area contributed by atoms with Gasteiger partial charge in [0.2, 0.25) is 0 Å². The highest BCUT2D eigenvalue weighted by atomic mass is 16.5. The first-order valence-corrected chi connectivity index (χ1v) is 7.09. The van der Waals surface area contributed by atoms with Crippen LogP contribution in [0.15, 0.2) is 18.2 Å². The third-order valence-corrected chi connectivity index (χ3v) is 3.47. The Morgan fingerprint density at radius 3 is 2.45 bits per heavy atom. The predicted molar refractivity (Wildman–Crippen MR) is 81.7 cm³/mol. The van der Waals surface area contributed by atoms with Gasteiger partial charge in [0.05, 0.1) is 0 Å². The SMILES string of the molecule is Cc1cc([C@@H](C)N)ccc1OCC(=O)NC(C)C(C)C. The van der Waals surface area contributed by atoms with Crippen LogP contribution in [-0.4, -0.2) is 18.6 Å². The van der Waals surface area contributed by atoms with Gasteiger partial charge in [0.15, 0.2) is 6.61 Å². The number of carbonyl (C=O) groups excluding carboxylic acids is 1. The number of rotatable bonds is 6. The molecule has 0 saturated carbocycles. The van der Waals surface area contributed by atoms with Crippen molar-refractivity contribution in [1.29, 1.82) is 0 Å². The number of nitrogens with two attached hydrogens (primary N) is 1. The molecule has 20 heavy (non-hydrogen) atoms. The monoisotopic (exact) mass is 278 g/mol. The van der Waals surface area contributed by atoms with Gasteiger partial charge in [-0.15, -0.1) is 0 Å². The van der Waals surface area contributed by atoms with E-state index in [0.717, 1.165) is 16.9 Å². The largest absolute Gasteiger partial charge is 0.484 e. The van der Waals surface area contributed by atoms with Crippen LogP contribution >= 0.6 is 0 Å².